The zero-order chi connectivity index (χ0) is 12.5. The van der Waals surface area contributed by atoms with E-state index in [0.717, 1.165) is 12.1 Å². The fraction of sp³-hybridized carbons (Fsp3) is 0.0909. The van der Waals surface area contributed by atoms with Crippen molar-refractivity contribution in [3.63, 3.8) is 0 Å². The van der Waals surface area contributed by atoms with Crippen molar-refractivity contribution in [1.82, 2.24) is 9.78 Å². The average Bonchev–Trinajstić information content (AvgIpc) is 2.76. The molecule has 1 heterocycles. The van der Waals surface area contributed by atoms with Crippen molar-refractivity contribution < 1.29 is 18.0 Å². The Hall–Kier alpha value is -2.11. The Balaban J connectivity index is 2.42. The van der Waals surface area contributed by atoms with Crippen LogP contribution < -0.4 is 0 Å². The van der Waals surface area contributed by atoms with E-state index in [-0.39, 0.29) is 11.4 Å². The van der Waals surface area contributed by atoms with Gasteiger partial charge in [0.05, 0.1) is 11.3 Å². The number of alkyl halides is 3. The van der Waals surface area contributed by atoms with Gasteiger partial charge in [0.2, 0.25) is 0 Å². The van der Waals surface area contributed by atoms with Gasteiger partial charge in [0, 0.05) is 6.20 Å². The topological polar surface area (TPSA) is 34.9 Å². The molecule has 88 valence electrons. The van der Waals surface area contributed by atoms with Gasteiger partial charge in [-0.2, -0.15) is 18.3 Å². The highest BCUT2D eigenvalue weighted by Crippen LogP contribution is 2.30. The van der Waals surface area contributed by atoms with Crippen LogP contribution in [-0.4, -0.2) is 16.1 Å². The van der Waals surface area contributed by atoms with Crippen molar-refractivity contribution in [3.05, 3.63) is 47.8 Å². The van der Waals surface area contributed by atoms with Crippen LogP contribution in [0.1, 0.15) is 16.1 Å². The van der Waals surface area contributed by atoms with Gasteiger partial charge in [-0.15, -0.1) is 0 Å². The number of halogens is 3. The lowest BCUT2D eigenvalue weighted by Gasteiger charge is -2.08. The second kappa shape index (κ2) is 4.04. The smallest absolute Gasteiger partial charge is 0.296 e. The van der Waals surface area contributed by atoms with E-state index < -0.39 is 11.7 Å². The Morgan fingerprint density at radius 2 is 2.00 bits per heavy atom. The van der Waals surface area contributed by atoms with E-state index >= 15 is 0 Å². The van der Waals surface area contributed by atoms with E-state index in [4.69, 9.17) is 0 Å². The molecule has 0 N–H and O–H groups in total. The van der Waals surface area contributed by atoms with Gasteiger partial charge < -0.3 is 0 Å². The molecule has 0 bridgehead atoms. The quantitative estimate of drug-likeness (QED) is 0.756. The van der Waals surface area contributed by atoms with Gasteiger partial charge in [0.1, 0.15) is 5.69 Å². The van der Waals surface area contributed by atoms with Crippen molar-refractivity contribution >= 4 is 6.29 Å². The Kier molecular flexibility index (Phi) is 2.71. The summed E-state index contributed by atoms with van der Waals surface area (Å²) in [6.45, 7) is 0. The van der Waals surface area contributed by atoms with Crippen LogP contribution in [0.25, 0.3) is 5.69 Å². The molecular formula is C11H7F3N2O. The summed E-state index contributed by atoms with van der Waals surface area (Å²) in [7, 11) is 0. The number of benzene rings is 1. The molecule has 0 radical (unpaired) electrons. The molecule has 0 atom stereocenters. The average molecular weight is 240 g/mol. The highest BCUT2D eigenvalue weighted by atomic mass is 19.4. The molecule has 0 spiro atoms. The van der Waals surface area contributed by atoms with E-state index in [9.17, 15) is 18.0 Å². The van der Waals surface area contributed by atoms with Crippen molar-refractivity contribution in [1.29, 1.82) is 0 Å². The molecule has 1 aromatic carbocycles. The first-order valence-electron chi connectivity index (χ1n) is 4.69. The molecule has 17 heavy (non-hydrogen) atoms. The fourth-order valence-electron chi connectivity index (χ4n) is 1.37. The van der Waals surface area contributed by atoms with Crippen molar-refractivity contribution in [2.24, 2.45) is 0 Å². The highest BCUT2D eigenvalue weighted by molar-refractivity contribution is 5.71. The summed E-state index contributed by atoms with van der Waals surface area (Å²) < 4.78 is 38.6. The number of carbonyl (C=O) groups excluding carboxylic acids is 1. The van der Waals surface area contributed by atoms with Gasteiger partial charge in [-0.05, 0) is 24.3 Å². The van der Waals surface area contributed by atoms with Crippen LogP contribution in [0.5, 0.6) is 0 Å². The van der Waals surface area contributed by atoms with Crippen LogP contribution in [0.3, 0.4) is 0 Å². The lowest BCUT2D eigenvalue weighted by atomic mass is 10.2. The molecule has 0 unspecified atom stereocenters. The Morgan fingerprint density at radius 3 is 2.59 bits per heavy atom. The van der Waals surface area contributed by atoms with Gasteiger partial charge in [0.25, 0.3) is 0 Å². The van der Waals surface area contributed by atoms with E-state index in [1.54, 1.807) is 0 Å². The number of aldehydes is 1. The molecule has 0 aliphatic heterocycles. The second-order valence-electron chi connectivity index (χ2n) is 3.35. The molecule has 2 aromatic rings. The predicted molar refractivity (Wildman–Crippen MR) is 54.0 cm³/mol. The van der Waals surface area contributed by atoms with E-state index in [2.05, 4.69) is 5.10 Å². The van der Waals surface area contributed by atoms with Crippen molar-refractivity contribution in [2.45, 2.75) is 6.18 Å². The maximum absolute atomic E-state index is 12.5. The van der Waals surface area contributed by atoms with Crippen molar-refractivity contribution in [2.75, 3.05) is 0 Å². The number of carbonyl (C=O) groups is 1. The van der Waals surface area contributed by atoms with Gasteiger partial charge >= 0.3 is 6.18 Å². The fourth-order valence-corrected chi connectivity index (χ4v) is 1.37. The van der Waals surface area contributed by atoms with Gasteiger partial charge in [0.15, 0.2) is 6.29 Å². The Morgan fingerprint density at radius 1 is 1.24 bits per heavy atom. The van der Waals surface area contributed by atoms with Crippen LogP contribution in [0.2, 0.25) is 0 Å². The monoisotopic (exact) mass is 240 g/mol. The lowest BCUT2D eigenvalue weighted by molar-refractivity contribution is -0.137. The molecule has 0 aliphatic rings. The van der Waals surface area contributed by atoms with Crippen LogP contribution in [0.4, 0.5) is 13.2 Å². The maximum atomic E-state index is 12.5. The maximum Gasteiger partial charge on any atom is 0.416 e. The Bertz CT molecular complexity index is 546. The van der Waals surface area contributed by atoms with Gasteiger partial charge in [-0.25, -0.2) is 4.68 Å². The molecule has 3 nitrogen and oxygen atoms in total. The third-order valence-electron chi connectivity index (χ3n) is 2.17. The summed E-state index contributed by atoms with van der Waals surface area (Å²) in [5.74, 6) is 0. The normalized spacial score (nSPS) is 11.5. The van der Waals surface area contributed by atoms with Crippen LogP contribution in [-0.2, 0) is 6.18 Å². The molecular weight excluding hydrogens is 233 g/mol. The zero-order valence-corrected chi connectivity index (χ0v) is 8.48. The standard InChI is InChI=1S/C11H7F3N2O/c12-11(13,14)8-2-1-3-10(6-8)16-5-4-9(7-17)15-16/h1-7H. The van der Waals surface area contributed by atoms with E-state index in [1.807, 2.05) is 0 Å². The van der Waals surface area contributed by atoms with E-state index in [0.29, 0.717) is 6.29 Å². The summed E-state index contributed by atoms with van der Waals surface area (Å²) >= 11 is 0. The molecule has 1 aromatic heterocycles. The number of hydrogen-bond donors (Lipinski definition) is 0. The summed E-state index contributed by atoms with van der Waals surface area (Å²) in [4.78, 5) is 10.4. The second-order valence-corrected chi connectivity index (χ2v) is 3.35. The van der Waals surface area contributed by atoms with E-state index in [1.165, 1.54) is 29.1 Å². The SMILES string of the molecule is O=Cc1ccn(-c2cccc(C(F)(F)F)c2)n1. The third-order valence-corrected chi connectivity index (χ3v) is 2.17. The molecule has 0 aliphatic carbocycles. The predicted octanol–water partition coefficient (Wildman–Crippen LogP) is 2.70. The summed E-state index contributed by atoms with van der Waals surface area (Å²) in [6.07, 6.45) is -2.43. The number of aromatic nitrogens is 2. The summed E-state index contributed by atoms with van der Waals surface area (Å²) in [5.41, 5.74) is -0.325. The van der Waals surface area contributed by atoms with Crippen LogP contribution in [0, 0.1) is 0 Å². The minimum atomic E-state index is -4.39. The number of nitrogens with zero attached hydrogens (tertiary/aromatic N) is 2. The third kappa shape index (κ3) is 2.35. The molecule has 2 rings (SSSR count). The van der Waals surface area contributed by atoms with Crippen molar-refractivity contribution in [3.8, 4) is 5.69 Å². The molecule has 0 saturated carbocycles. The zero-order valence-electron chi connectivity index (χ0n) is 8.48. The number of rotatable bonds is 2. The highest BCUT2D eigenvalue weighted by Gasteiger charge is 2.30. The lowest BCUT2D eigenvalue weighted by Crippen LogP contribution is -2.06. The molecule has 0 amide bonds. The largest absolute Gasteiger partial charge is 0.416 e. The first kappa shape index (κ1) is 11.4. The molecule has 6 heteroatoms. The van der Waals surface area contributed by atoms with Crippen LogP contribution in [0.15, 0.2) is 36.5 Å². The van der Waals surface area contributed by atoms with Gasteiger partial charge in [-0.1, -0.05) is 6.07 Å². The van der Waals surface area contributed by atoms with Gasteiger partial charge in [-0.3, -0.25) is 4.79 Å². The summed E-state index contributed by atoms with van der Waals surface area (Å²) in [5, 5.41) is 3.80. The first-order chi connectivity index (χ1) is 8.00. The molecule has 0 saturated heterocycles. The van der Waals surface area contributed by atoms with Crippen LogP contribution >= 0.6 is 0 Å². The summed E-state index contributed by atoms with van der Waals surface area (Å²) in [6, 6.07) is 6.15. The molecule has 0 fully saturated rings. The minimum absolute atomic E-state index is 0.169. The minimum Gasteiger partial charge on any atom is -0.296 e. The first-order valence-corrected chi connectivity index (χ1v) is 4.69. The Labute approximate surface area is 94.5 Å². The number of hydrogen-bond acceptors (Lipinski definition) is 2.